The molecule has 0 bridgehead atoms. The highest BCUT2D eigenvalue weighted by atomic mass is 16.5. The quantitative estimate of drug-likeness (QED) is 0.707. The number of aromatic nitrogens is 2. The van der Waals surface area contributed by atoms with Crippen LogP contribution >= 0.6 is 0 Å². The highest BCUT2D eigenvalue weighted by Crippen LogP contribution is 2.33. The number of anilines is 1. The van der Waals surface area contributed by atoms with E-state index in [0.29, 0.717) is 31.1 Å². The van der Waals surface area contributed by atoms with Crippen molar-refractivity contribution in [1.29, 1.82) is 0 Å². The molecule has 1 aliphatic carbocycles. The molecule has 0 spiro atoms. The Morgan fingerprint density at radius 3 is 2.95 bits per heavy atom. The van der Waals surface area contributed by atoms with E-state index in [9.17, 15) is 9.90 Å². The number of carbonyl (C=O) groups is 1. The van der Waals surface area contributed by atoms with Crippen LogP contribution < -0.4 is 15.4 Å². The predicted molar refractivity (Wildman–Crippen MR) is 75.2 cm³/mol. The highest BCUT2D eigenvalue weighted by Gasteiger charge is 2.43. The molecule has 1 heterocycles. The van der Waals surface area contributed by atoms with Crippen LogP contribution in [0.4, 0.5) is 10.6 Å². The summed E-state index contributed by atoms with van der Waals surface area (Å²) in [6, 6.07) is 1.06. The minimum atomic E-state index is -0.888. The molecule has 8 nitrogen and oxygen atoms in total. The standard InChI is InChI=1S/C13H20N4O4/c1-3-21-9-5-13(19,6-9)7-14-12(18)17-10-4-11(20-2)16-8-15-10/h4,8-9,19H,3,5-7H2,1-2H3,(H2,14,15,16,17,18). The van der Waals surface area contributed by atoms with Crippen molar-refractivity contribution in [3.8, 4) is 5.88 Å². The summed E-state index contributed by atoms with van der Waals surface area (Å²) in [6.45, 7) is 2.72. The number of aliphatic hydroxyl groups is 1. The molecule has 21 heavy (non-hydrogen) atoms. The maximum absolute atomic E-state index is 11.7. The Kier molecular flexibility index (Phi) is 4.92. The van der Waals surface area contributed by atoms with E-state index in [-0.39, 0.29) is 12.6 Å². The molecular weight excluding hydrogens is 276 g/mol. The molecular formula is C13H20N4O4. The molecule has 3 N–H and O–H groups in total. The van der Waals surface area contributed by atoms with Crippen LogP contribution in [-0.2, 0) is 4.74 Å². The molecule has 8 heteroatoms. The molecule has 1 aromatic heterocycles. The smallest absolute Gasteiger partial charge is 0.320 e. The highest BCUT2D eigenvalue weighted by molar-refractivity contribution is 5.88. The SMILES string of the molecule is CCOC1CC(O)(CNC(=O)Nc2cc(OC)ncn2)C1. The van der Waals surface area contributed by atoms with E-state index < -0.39 is 11.6 Å². The van der Waals surface area contributed by atoms with Crippen LogP contribution in [0.2, 0.25) is 0 Å². The van der Waals surface area contributed by atoms with Crippen LogP contribution in [0.1, 0.15) is 19.8 Å². The number of carbonyl (C=O) groups excluding carboxylic acids is 1. The van der Waals surface area contributed by atoms with Crippen molar-refractivity contribution in [3.63, 3.8) is 0 Å². The Morgan fingerprint density at radius 1 is 1.52 bits per heavy atom. The van der Waals surface area contributed by atoms with Gasteiger partial charge in [0.25, 0.3) is 0 Å². The second-order valence-electron chi connectivity index (χ2n) is 4.96. The number of methoxy groups -OCH3 is 1. The Balaban J connectivity index is 1.75. The summed E-state index contributed by atoms with van der Waals surface area (Å²) in [7, 11) is 1.48. The van der Waals surface area contributed by atoms with E-state index in [1.54, 1.807) is 0 Å². The average Bonchev–Trinajstić information content (AvgIpc) is 2.44. The van der Waals surface area contributed by atoms with Gasteiger partial charge in [-0.25, -0.2) is 14.8 Å². The van der Waals surface area contributed by atoms with Gasteiger partial charge in [-0.15, -0.1) is 0 Å². The fourth-order valence-corrected chi connectivity index (χ4v) is 2.21. The molecule has 0 aromatic carbocycles. The van der Waals surface area contributed by atoms with Crippen molar-refractivity contribution in [3.05, 3.63) is 12.4 Å². The van der Waals surface area contributed by atoms with E-state index >= 15 is 0 Å². The lowest BCUT2D eigenvalue weighted by Crippen LogP contribution is -2.55. The van der Waals surface area contributed by atoms with Gasteiger partial charge < -0.3 is 19.9 Å². The van der Waals surface area contributed by atoms with Gasteiger partial charge in [-0.3, -0.25) is 5.32 Å². The van der Waals surface area contributed by atoms with Gasteiger partial charge in [-0.2, -0.15) is 0 Å². The molecule has 1 saturated carbocycles. The molecule has 2 rings (SSSR count). The van der Waals surface area contributed by atoms with Crippen LogP contribution in [0.25, 0.3) is 0 Å². The fraction of sp³-hybridized carbons (Fsp3) is 0.615. The maximum Gasteiger partial charge on any atom is 0.320 e. The van der Waals surface area contributed by atoms with Gasteiger partial charge in [0.2, 0.25) is 5.88 Å². The number of hydrogen-bond acceptors (Lipinski definition) is 6. The lowest BCUT2D eigenvalue weighted by atomic mass is 9.77. The van der Waals surface area contributed by atoms with Crippen molar-refractivity contribution in [1.82, 2.24) is 15.3 Å². The normalized spacial score (nSPS) is 24.0. The molecule has 116 valence electrons. The molecule has 0 saturated heterocycles. The van der Waals surface area contributed by atoms with Crippen LogP contribution in [0.15, 0.2) is 12.4 Å². The number of rotatable bonds is 6. The van der Waals surface area contributed by atoms with Gasteiger partial charge >= 0.3 is 6.03 Å². The van der Waals surface area contributed by atoms with E-state index in [1.165, 1.54) is 19.5 Å². The molecule has 0 unspecified atom stereocenters. The van der Waals surface area contributed by atoms with Gasteiger partial charge in [0, 0.05) is 32.1 Å². The maximum atomic E-state index is 11.7. The van der Waals surface area contributed by atoms with Crippen molar-refractivity contribution < 1.29 is 19.4 Å². The first kappa shape index (κ1) is 15.5. The van der Waals surface area contributed by atoms with Gasteiger partial charge in [0.05, 0.1) is 18.8 Å². The number of nitrogens with one attached hydrogen (secondary N) is 2. The van der Waals surface area contributed by atoms with E-state index in [0.717, 1.165) is 0 Å². The Hall–Kier alpha value is -1.93. The zero-order valence-corrected chi connectivity index (χ0v) is 12.1. The zero-order valence-electron chi connectivity index (χ0n) is 12.1. The number of ether oxygens (including phenoxy) is 2. The van der Waals surface area contributed by atoms with Crippen molar-refractivity contribution in [2.24, 2.45) is 0 Å². The van der Waals surface area contributed by atoms with E-state index in [2.05, 4.69) is 20.6 Å². The summed E-state index contributed by atoms with van der Waals surface area (Å²) in [4.78, 5) is 19.5. The minimum absolute atomic E-state index is 0.0796. The summed E-state index contributed by atoms with van der Waals surface area (Å²) in [5, 5.41) is 15.3. The molecule has 1 fully saturated rings. The lowest BCUT2D eigenvalue weighted by Gasteiger charge is -2.43. The van der Waals surface area contributed by atoms with Gasteiger partial charge in [-0.1, -0.05) is 0 Å². The molecule has 1 aliphatic rings. The Morgan fingerprint density at radius 2 is 2.29 bits per heavy atom. The zero-order chi connectivity index (χ0) is 15.3. The lowest BCUT2D eigenvalue weighted by molar-refractivity contribution is -0.133. The van der Waals surface area contributed by atoms with Crippen LogP contribution in [-0.4, -0.2) is 53.1 Å². The molecule has 0 radical (unpaired) electrons. The third-order valence-corrected chi connectivity index (χ3v) is 3.29. The van der Waals surface area contributed by atoms with Crippen molar-refractivity contribution in [2.45, 2.75) is 31.5 Å². The Labute approximate surface area is 122 Å². The number of hydrogen-bond donors (Lipinski definition) is 3. The largest absolute Gasteiger partial charge is 0.481 e. The third kappa shape index (κ3) is 4.27. The van der Waals surface area contributed by atoms with E-state index in [1.807, 2.05) is 6.92 Å². The van der Waals surface area contributed by atoms with Crippen molar-refractivity contribution in [2.75, 3.05) is 25.6 Å². The molecule has 0 aliphatic heterocycles. The second kappa shape index (κ2) is 6.68. The first-order chi connectivity index (χ1) is 10.0. The van der Waals surface area contributed by atoms with Crippen LogP contribution in [0.5, 0.6) is 5.88 Å². The Bertz CT molecular complexity index is 491. The predicted octanol–water partition coefficient (Wildman–Crippen LogP) is 0.537. The monoisotopic (exact) mass is 296 g/mol. The van der Waals surface area contributed by atoms with Gasteiger partial charge in [0.1, 0.15) is 12.1 Å². The molecule has 0 atom stereocenters. The molecule has 2 amide bonds. The van der Waals surface area contributed by atoms with Gasteiger partial charge in [0.15, 0.2) is 0 Å². The van der Waals surface area contributed by atoms with Crippen LogP contribution in [0, 0.1) is 0 Å². The third-order valence-electron chi connectivity index (χ3n) is 3.29. The summed E-state index contributed by atoms with van der Waals surface area (Å²) >= 11 is 0. The summed E-state index contributed by atoms with van der Waals surface area (Å²) < 4.78 is 10.3. The number of nitrogens with zero attached hydrogens (tertiary/aromatic N) is 2. The summed E-state index contributed by atoms with van der Waals surface area (Å²) in [5.41, 5.74) is -0.888. The fourth-order valence-electron chi connectivity index (χ4n) is 2.21. The number of amides is 2. The second-order valence-corrected chi connectivity index (χ2v) is 4.96. The van der Waals surface area contributed by atoms with Crippen LogP contribution in [0.3, 0.4) is 0 Å². The summed E-state index contributed by atoms with van der Waals surface area (Å²) in [5.74, 6) is 0.685. The average molecular weight is 296 g/mol. The summed E-state index contributed by atoms with van der Waals surface area (Å²) in [6.07, 6.45) is 2.43. The minimum Gasteiger partial charge on any atom is -0.481 e. The molecule has 1 aromatic rings. The van der Waals surface area contributed by atoms with Crippen molar-refractivity contribution >= 4 is 11.8 Å². The first-order valence-electron chi connectivity index (χ1n) is 6.79. The van der Waals surface area contributed by atoms with Gasteiger partial charge in [-0.05, 0) is 6.92 Å². The number of urea groups is 1. The first-order valence-corrected chi connectivity index (χ1v) is 6.79. The topological polar surface area (TPSA) is 106 Å². The van der Waals surface area contributed by atoms with E-state index in [4.69, 9.17) is 9.47 Å².